The average molecular weight is 419 g/mol. The molecule has 0 radical (unpaired) electrons. The summed E-state index contributed by atoms with van der Waals surface area (Å²) in [6.07, 6.45) is 3.36. The van der Waals surface area contributed by atoms with Crippen molar-refractivity contribution >= 4 is 17.7 Å². The van der Waals surface area contributed by atoms with Crippen LogP contribution in [0.1, 0.15) is 45.9 Å². The summed E-state index contributed by atoms with van der Waals surface area (Å²) < 4.78 is 13.1. The second-order valence-corrected chi connectivity index (χ2v) is 8.27. The van der Waals surface area contributed by atoms with E-state index in [1.165, 1.54) is 18.2 Å². The molecule has 1 amide bonds. The highest BCUT2D eigenvalue weighted by Gasteiger charge is 2.29. The Hall–Kier alpha value is -2.22. The van der Waals surface area contributed by atoms with Crippen LogP contribution in [0.5, 0.6) is 11.5 Å². The van der Waals surface area contributed by atoms with Gasteiger partial charge in [0.05, 0.1) is 12.9 Å². The zero-order valence-electron chi connectivity index (χ0n) is 17.6. The first-order valence-electron chi connectivity index (χ1n) is 10.2. The number of amides is 1. The van der Waals surface area contributed by atoms with Gasteiger partial charge in [-0.15, -0.1) is 10.2 Å². The summed E-state index contributed by atoms with van der Waals surface area (Å²) >= 11 is 1.45. The minimum absolute atomic E-state index is 0.175. The second kappa shape index (κ2) is 10.0. The van der Waals surface area contributed by atoms with E-state index in [9.17, 15) is 4.79 Å². The first kappa shape index (κ1) is 21.5. The number of hydrogen-bond acceptors (Lipinski definition) is 6. The van der Waals surface area contributed by atoms with Crippen LogP contribution >= 0.6 is 11.8 Å². The maximum atomic E-state index is 12.8. The van der Waals surface area contributed by atoms with Crippen LogP contribution in [0.25, 0.3) is 0 Å². The maximum Gasteiger partial charge on any atom is 0.233 e. The molecular weight excluding hydrogens is 388 g/mol. The van der Waals surface area contributed by atoms with Crippen molar-refractivity contribution < 1.29 is 14.3 Å². The molecule has 0 unspecified atom stereocenters. The highest BCUT2D eigenvalue weighted by Crippen LogP contribution is 2.25. The van der Waals surface area contributed by atoms with Gasteiger partial charge in [-0.3, -0.25) is 4.79 Å². The number of piperidine rings is 1. The van der Waals surface area contributed by atoms with Gasteiger partial charge in [-0.2, -0.15) is 0 Å². The topological polar surface area (TPSA) is 69.5 Å². The smallest absolute Gasteiger partial charge is 0.233 e. The van der Waals surface area contributed by atoms with Crippen LogP contribution < -0.4 is 9.47 Å². The molecule has 1 aromatic carbocycles. The van der Waals surface area contributed by atoms with Gasteiger partial charge in [0.15, 0.2) is 11.0 Å². The second-order valence-electron chi connectivity index (χ2n) is 7.33. The Bertz CT molecular complexity index is 816. The minimum atomic E-state index is 0.175. The lowest BCUT2D eigenvalue weighted by Crippen LogP contribution is -2.48. The van der Waals surface area contributed by atoms with Crippen LogP contribution in [0, 0.1) is 0 Å². The predicted molar refractivity (Wildman–Crippen MR) is 113 cm³/mol. The Morgan fingerprint density at radius 3 is 2.62 bits per heavy atom. The summed E-state index contributed by atoms with van der Waals surface area (Å²) in [6.45, 7) is 7.35. The summed E-state index contributed by atoms with van der Waals surface area (Å²) in [5.41, 5.74) is 0. The van der Waals surface area contributed by atoms with Gasteiger partial charge in [-0.25, -0.2) is 0 Å². The zero-order valence-corrected chi connectivity index (χ0v) is 18.4. The molecule has 2 heterocycles. The number of nitrogens with zero attached hydrogens (tertiary/aromatic N) is 4. The largest absolute Gasteiger partial charge is 0.497 e. The summed E-state index contributed by atoms with van der Waals surface area (Å²) in [4.78, 5) is 14.8. The van der Waals surface area contributed by atoms with E-state index in [0.717, 1.165) is 36.1 Å². The SMILES string of the molecule is CCn1c(COc2cccc(OC)c2)nnc1SCC(=O)N1[C@@H](C)CCC[C@@H]1C. The Labute approximate surface area is 176 Å². The maximum absolute atomic E-state index is 12.8. The lowest BCUT2D eigenvalue weighted by atomic mass is 9.98. The number of methoxy groups -OCH3 is 1. The molecule has 1 fully saturated rings. The third-order valence-electron chi connectivity index (χ3n) is 5.33. The van der Waals surface area contributed by atoms with Gasteiger partial charge in [0.25, 0.3) is 0 Å². The highest BCUT2D eigenvalue weighted by molar-refractivity contribution is 7.99. The Balaban J connectivity index is 1.61. The molecule has 0 aliphatic carbocycles. The summed E-state index contributed by atoms with van der Waals surface area (Å²) in [5.74, 6) is 2.76. The molecule has 158 valence electrons. The summed E-state index contributed by atoms with van der Waals surface area (Å²) in [6, 6.07) is 8.09. The molecule has 2 atom stereocenters. The van der Waals surface area contributed by atoms with Crippen LogP contribution in [0.2, 0.25) is 0 Å². The van der Waals surface area contributed by atoms with Gasteiger partial charge in [-0.05, 0) is 52.2 Å². The van der Waals surface area contributed by atoms with Gasteiger partial charge in [0.2, 0.25) is 5.91 Å². The van der Waals surface area contributed by atoms with Crippen molar-refractivity contribution in [2.45, 2.75) is 70.4 Å². The number of carbonyl (C=O) groups excluding carboxylic acids is 1. The Morgan fingerprint density at radius 2 is 1.93 bits per heavy atom. The van der Waals surface area contributed by atoms with E-state index in [0.29, 0.717) is 30.2 Å². The average Bonchev–Trinajstić information content (AvgIpc) is 3.12. The van der Waals surface area contributed by atoms with E-state index in [4.69, 9.17) is 9.47 Å². The molecule has 0 N–H and O–H groups in total. The minimum Gasteiger partial charge on any atom is -0.497 e. The van der Waals surface area contributed by atoms with Crippen LogP contribution in [-0.2, 0) is 17.9 Å². The van der Waals surface area contributed by atoms with Crippen molar-refractivity contribution in [1.82, 2.24) is 19.7 Å². The van der Waals surface area contributed by atoms with Crippen LogP contribution in [0.15, 0.2) is 29.4 Å². The fraction of sp³-hybridized carbons (Fsp3) is 0.571. The van der Waals surface area contributed by atoms with E-state index in [-0.39, 0.29) is 5.91 Å². The Morgan fingerprint density at radius 1 is 1.21 bits per heavy atom. The third-order valence-corrected chi connectivity index (χ3v) is 6.28. The van der Waals surface area contributed by atoms with E-state index in [1.54, 1.807) is 7.11 Å². The molecule has 2 aromatic rings. The molecule has 29 heavy (non-hydrogen) atoms. The number of likely N-dealkylation sites (tertiary alicyclic amines) is 1. The summed E-state index contributed by atoms with van der Waals surface area (Å²) in [5, 5.41) is 9.32. The van der Waals surface area contributed by atoms with E-state index in [1.807, 2.05) is 40.7 Å². The molecule has 1 saturated heterocycles. The van der Waals surface area contributed by atoms with Gasteiger partial charge < -0.3 is 18.9 Å². The van der Waals surface area contributed by atoms with Crippen LogP contribution in [-0.4, -0.2) is 50.5 Å². The van der Waals surface area contributed by atoms with Gasteiger partial charge in [0, 0.05) is 24.7 Å². The first-order valence-corrected chi connectivity index (χ1v) is 11.1. The van der Waals surface area contributed by atoms with Crippen molar-refractivity contribution in [2.75, 3.05) is 12.9 Å². The van der Waals surface area contributed by atoms with Crippen molar-refractivity contribution in [1.29, 1.82) is 0 Å². The molecule has 7 nitrogen and oxygen atoms in total. The molecule has 1 aliphatic heterocycles. The Kier molecular flexibility index (Phi) is 7.41. The normalized spacial score (nSPS) is 19.2. The van der Waals surface area contributed by atoms with E-state index >= 15 is 0 Å². The molecule has 1 aromatic heterocycles. The van der Waals surface area contributed by atoms with E-state index < -0.39 is 0 Å². The molecule has 0 saturated carbocycles. The zero-order chi connectivity index (χ0) is 20.8. The lowest BCUT2D eigenvalue weighted by Gasteiger charge is -2.39. The third kappa shape index (κ3) is 5.23. The number of carbonyl (C=O) groups is 1. The fourth-order valence-electron chi connectivity index (χ4n) is 3.80. The quantitative estimate of drug-likeness (QED) is 0.608. The highest BCUT2D eigenvalue weighted by atomic mass is 32.2. The number of thioether (sulfide) groups is 1. The molecule has 1 aliphatic rings. The first-order chi connectivity index (χ1) is 14.0. The number of benzene rings is 1. The molecule has 0 spiro atoms. The van der Waals surface area contributed by atoms with Crippen LogP contribution in [0.3, 0.4) is 0 Å². The molecule has 8 heteroatoms. The fourth-order valence-corrected chi connectivity index (χ4v) is 4.69. The van der Waals surface area contributed by atoms with Crippen LogP contribution in [0.4, 0.5) is 0 Å². The molecular formula is C21H30N4O3S. The number of hydrogen-bond donors (Lipinski definition) is 0. The molecule has 0 bridgehead atoms. The standard InChI is InChI=1S/C21H30N4O3S/c1-5-24-19(13-28-18-11-7-10-17(12-18)27-4)22-23-21(24)29-14-20(26)25-15(2)8-6-9-16(25)3/h7,10-12,15-16H,5-6,8-9,13-14H2,1-4H3/t15-,16-/m0/s1. The van der Waals surface area contributed by atoms with Gasteiger partial charge in [0.1, 0.15) is 18.1 Å². The van der Waals surface area contributed by atoms with E-state index in [2.05, 4.69) is 24.0 Å². The van der Waals surface area contributed by atoms with Crippen molar-refractivity contribution in [2.24, 2.45) is 0 Å². The van der Waals surface area contributed by atoms with Gasteiger partial charge in [-0.1, -0.05) is 17.8 Å². The number of aromatic nitrogens is 3. The number of ether oxygens (including phenoxy) is 2. The van der Waals surface area contributed by atoms with Crippen molar-refractivity contribution in [3.05, 3.63) is 30.1 Å². The van der Waals surface area contributed by atoms with Crippen molar-refractivity contribution in [3.8, 4) is 11.5 Å². The molecule has 3 rings (SSSR count). The number of rotatable bonds is 8. The predicted octanol–water partition coefficient (Wildman–Crippen LogP) is 3.77. The van der Waals surface area contributed by atoms with Crippen molar-refractivity contribution in [3.63, 3.8) is 0 Å². The monoisotopic (exact) mass is 418 g/mol. The summed E-state index contributed by atoms with van der Waals surface area (Å²) in [7, 11) is 1.63. The lowest BCUT2D eigenvalue weighted by molar-refractivity contribution is -0.134. The van der Waals surface area contributed by atoms with Gasteiger partial charge >= 0.3 is 0 Å².